The van der Waals surface area contributed by atoms with Crippen molar-refractivity contribution in [1.29, 1.82) is 0 Å². The molecule has 3 rings (SSSR count). The number of carboxylic acid groups (broad SMARTS) is 1. The molecule has 3 atom stereocenters. The van der Waals surface area contributed by atoms with Gasteiger partial charge in [0.1, 0.15) is 0 Å². The van der Waals surface area contributed by atoms with Crippen LogP contribution in [0.5, 0.6) is 0 Å². The summed E-state index contributed by atoms with van der Waals surface area (Å²) in [5.74, 6) is 0.294. The fourth-order valence-corrected chi connectivity index (χ4v) is 4.66. The molecule has 3 heterocycles. The summed E-state index contributed by atoms with van der Waals surface area (Å²) in [5.41, 5.74) is 0.614. The van der Waals surface area contributed by atoms with Gasteiger partial charge in [-0.2, -0.15) is 0 Å². The molecule has 1 N–H and O–H groups in total. The molecule has 118 valence electrons. The summed E-state index contributed by atoms with van der Waals surface area (Å²) in [6.45, 7) is 6.48. The van der Waals surface area contributed by atoms with E-state index in [1.807, 2.05) is 12.1 Å². The van der Waals surface area contributed by atoms with Gasteiger partial charge in [0.25, 0.3) is 0 Å². The number of hydrogen-bond acceptors (Lipinski definition) is 3. The first-order chi connectivity index (χ1) is 10.2. The molecule has 2 aliphatic rings. The number of fused-ring (bicyclic) bond motifs is 2. The zero-order valence-electron chi connectivity index (χ0n) is 13.3. The first-order valence-electron chi connectivity index (χ1n) is 7.79. The van der Waals surface area contributed by atoms with Crippen molar-refractivity contribution in [3.63, 3.8) is 0 Å². The number of nitrogens with zero attached hydrogens (tertiary/aromatic N) is 3. The second-order valence-electron chi connectivity index (χ2n) is 7.58. The van der Waals surface area contributed by atoms with Crippen LogP contribution in [0.3, 0.4) is 0 Å². The summed E-state index contributed by atoms with van der Waals surface area (Å²) in [7, 11) is 0. The minimum absolute atomic E-state index is 0.0895. The Bertz CT molecular complexity index is 584. The summed E-state index contributed by atoms with van der Waals surface area (Å²) < 4.78 is 0.854. The second-order valence-corrected chi connectivity index (χ2v) is 8.54. The predicted octanol–water partition coefficient (Wildman–Crippen LogP) is 2.08. The minimum atomic E-state index is -0.775. The molecule has 0 aliphatic carbocycles. The van der Waals surface area contributed by atoms with Crippen LogP contribution in [-0.2, 0) is 0 Å². The van der Waals surface area contributed by atoms with Gasteiger partial charge in [0, 0.05) is 0 Å². The van der Waals surface area contributed by atoms with Crippen molar-refractivity contribution < 1.29 is 9.90 Å². The van der Waals surface area contributed by atoms with Crippen LogP contribution in [0, 0.1) is 5.41 Å². The molecule has 5 nitrogen and oxygen atoms in total. The second kappa shape index (κ2) is 5.23. The molecule has 0 spiro atoms. The summed E-state index contributed by atoms with van der Waals surface area (Å²) in [5, 5.41) is 18.2. The van der Waals surface area contributed by atoms with Gasteiger partial charge in [0.05, 0.1) is 0 Å². The summed E-state index contributed by atoms with van der Waals surface area (Å²) in [6, 6.07) is 4.11. The van der Waals surface area contributed by atoms with Crippen LogP contribution in [-0.4, -0.2) is 54.7 Å². The molecule has 2 aliphatic heterocycles. The quantitative estimate of drug-likeness (QED) is 0.776. The molecule has 3 unspecified atom stereocenters. The van der Waals surface area contributed by atoms with E-state index in [1.54, 1.807) is 4.90 Å². The van der Waals surface area contributed by atoms with Crippen molar-refractivity contribution in [3.05, 3.63) is 17.8 Å². The van der Waals surface area contributed by atoms with E-state index in [2.05, 4.69) is 47.8 Å². The van der Waals surface area contributed by atoms with Crippen molar-refractivity contribution >= 4 is 27.4 Å². The van der Waals surface area contributed by atoms with Gasteiger partial charge >= 0.3 is 140 Å². The fourth-order valence-electron chi connectivity index (χ4n) is 4.41. The monoisotopic (exact) mass is 363 g/mol. The van der Waals surface area contributed by atoms with E-state index in [0.717, 1.165) is 35.9 Å². The number of aromatic nitrogens is 2. The van der Waals surface area contributed by atoms with E-state index >= 15 is 0 Å². The van der Waals surface area contributed by atoms with Crippen LogP contribution in [0.1, 0.15) is 58.1 Å². The summed E-state index contributed by atoms with van der Waals surface area (Å²) >= 11 is 2.40. The topological polar surface area (TPSA) is 66.3 Å². The van der Waals surface area contributed by atoms with Crippen LogP contribution in [0.2, 0.25) is 0 Å². The Hall–Kier alpha value is -1.09. The molecular formula is C16H22AsN3O2. The zero-order chi connectivity index (χ0) is 16.1. The third-order valence-corrected chi connectivity index (χ3v) is 6.05. The van der Waals surface area contributed by atoms with Crippen molar-refractivity contribution in [2.45, 2.75) is 64.0 Å². The molecule has 22 heavy (non-hydrogen) atoms. The normalized spacial score (nSPS) is 31.4. The van der Waals surface area contributed by atoms with Crippen molar-refractivity contribution in [3.8, 4) is 0 Å². The first-order valence-corrected chi connectivity index (χ1v) is 8.73. The van der Waals surface area contributed by atoms with Gasteiger partial charge in [0.2, 0.25) is 0 Å². The van der Waals surface area contributed by atoms with Gasteiger partial charge < -0.3 is 0 Å². The van der Waals surface area contributed by atoms with E-state index in [4.69, 9.17) is 0 Å². The Labute approximate surface area is 140 Å². The average molecular weight is 363 g/mol. The van der Waals surface area contributed by atoms with E-state index in [-0.39, 0.29) is 17.0 Å². The molecule has 1 aromatic heterocycles. The van der Waals surface area contributed by atoms with Crippen LogP contribution >= 0.6 is 0 Å². The van der Waals surface area contributed by atoms with Crippen LogP contribution < -0.4 is 4.48 Å². The molecule has 2 fully saturated rings. The first kappa shape index (κ1) is 15.8. The van der Waals surface area contributed by atoms with Crippen LogP contribution in [0.25, 0.3) is 0 Å². The third-order valence-electron chi connectivity index (χ3n) is 5.55. The number of carbonyl (C=O) groups is 1. The standard InChI is InChI=1S/C16H22AsN3O2/c1-15(2,3)16-7-6-11(20(16)14(21)22)8-10(9-16)12-4-5-13(17)19-18-12/h4-5,10-11H,6-9H2,1-3H3,(H,21,22). The zero-order valence-corrected chi connectivity index (χ0v) is 15.2. The van der Waals surface area contributed by atoms with E-state index in [1.165, 1.54) is 0 Å². The maximum atomic E-state index is 11.9. The molecule has 2 radical (unpaired) electrons. The van der Waals surface area contributed by atoms with Gasteiger partial charge in [-0.05, 0) is 0 Å². The average Bonchev–Trinajstić information content (AvgIpc) is 2.68. The Kier molecular flexibility index (Phi) is 3.75. The molecule has 0 saturated carbocycles. The Morgan fingerprint density at radius 2 is 2.14 bits per heavy atom. The fraction of sp³-hybridized carbons (Fsp3) is 0.688. The Balaban J connectivity index is 1.98. The third kappa shape index (κ3) is 2.34. The predicted molar refractivity (Wildman–Crippen MR) is 84.5 cm³/mol. The molecule has 1 aromatic rings. The molecule has 0 aromatic carbocycles. The van der Waals surface area contributed by atoms with E-state index in [9.17, 15) is 9.90 Å². The maximum absolute atomic E-state index is 11.9. The number of rotatable bonds is 1. The van der Waals surface area contributed by atoms with Gasteiger partial charge in [-0.15, -0.1) is 0 Å². The van der Waals surface area contributed by atoms with Gasteiger partial charge in [-0.3, -0.25) is 0 Å². The Morgan fingerprint density at radius 1 is 1.41 bits per heavy atom. The number of piperidine rings is 1. The molecule has 2 bridgehead atoms. The van der Waals surface area contributed by atoms with E-state index in [0.29, 0.717) is 5.92 Å². The molecular weight excluding hydrogens is 341 g/mol. The van der Waals surface area contributed by atoms with Gasteiger partial charge in [0.15, 0.2) is 0 Å². The van der Waals surface area contributed by atoms with Crippen LogP contribution in [0.15, 0.2) is 12.1 Å². The van der Waals surface area contributed by atoms with Crippen molar-refractivity contribution in [2.24, 2.45) is 5.41 Å². The number of hydrogen-bond donors (Lipinski definition) is 1. The molecule has 2 saturated heterocycles. The molecule has 6 heteroatoms. The van der Waals surface area contributed by atoms with Crippen LogP contribution in [0.4, 0.5) is 4.79 Å². The number of amides is 1. The van der Waals surface area contributed by atoms with E-state index < -0.39 is 6.09 Å². The van der Waals surface area contributed by atoms with Gasteiger partial charge in [-0.1, -0.05) is 0 Å². The summed E-state index contributed by atoms with van der Waals surface area (Å²) in [6.07, 6.45) is 2.82. The SMILES string of the molecule is CC(C)(C)C12CCC(CC(c3ccc([As])nn3)C1)N2C(=O)O. The molecule has 1 amide bonds. The summed E-state index contributed by atoms with van der Waals surface area (Å²) in [4.78, 5) is 13.6. The van der Waals surface area contributed by atoms with Gasteiger partial charge in [-0.25, -0.2) is 0 Å². The van der Waals surface area contributed by atoms with Crippen molar-refractivity contribution in [2.75, 3.05) is 0 Å². The Morgan fingerprint density at radius 3 is 2.68 bits per heavy atom. The van der Waals surface area contributed by atoms with Crippen molar-refractivity contribution in [1.82, 2.24) is 15.1 Å².